The van der Waals surface area contributed by atoms with Gasteiger partial charge in [0.15, 0.2) is 0 Å². The molecule has 7 heteroatoms. The lowest BCUT2D eigenvalue weighted by Crippen LogP contribution is -2.29. The van der Waals surface area contributed by atoms with E-state index < -0.39 is 17.7 Å². The molecule has 4 rings (SSSR count). The van der Waals surface area contributed by atoms with Crippen molar-refractivity contribution in [1.29, 1.82) is 5.26 Å². The number of rotatable bonds is 5. The number of aliphatic hydroxyl groups is 1. The van der Waals surface area contributed by atoms with Crippen LogP contribution in [-0.2, 0) is 9.59 Å². The van der Waals surface area contributed by atoms with Crippen molar-refractivity contribution >= 4 is 23.1 Å². The second-order valence-corrected chi connectivity index (χ2v) is 8.19. The van der Waals surface area contributed by atoms with E-state index >= 15 is 0 Å². The van der Waals surface area contributed by atoms with Crippen LogP contribution in [0.25, 0.3) is 5.76 Å². The predicted octanol–water partition coefficient (Wildman–Crippen LogP) is 4.71. The summed E-state index contributed by atoms with van der Waals surface area (Å²) in [5.41, 5.74) is 2.51. The molecule has 1 aliphatic rings. The number of benzene rings is 2. The normalized spacial score (nSPS) is 17.1. The summed E-state index contributed by atoms with van der Waals surface area (Å²) in [7, 11) is 1.57. The fourth-order valence-electron chi connectivity index (χ4n) is 4.10. The molecule has 1 N–H and O–H groups in total. The minimum Gasteiger partial charge on any atom is -0.507 e. The second-order valence-electron chi connectivity index (χ2n) is 8.19. The van der Waals surface area contributed by atoms with Gasteiger partial charge in [0.25, 0.3) is 11.7 Å². The van der Waals surface area contributed by atoms with Gasteiger partial charge in [0.05, 0.1) is 30.0 Å². The van der Waals surface area contributed by atoms with Gasteiger partial charge in [0.1, 0.15) is 17.6 Å². The van der Waals surface area contributed by atoms with E-state index in [9.17, 15) is 14.7 Å². The van der Waals surface area contributed by atoms with Crippen LogP contribution in [0.4, 0.5) is 5.69 Å². The van der Waals surface area contributed by atoms with Crippen molar-refractivity contribution in [3.8, 4) is 11.8 Å². The molecule has 0 spiro atoms. The molecule has 1 unspecified atom stereocenters. The number of ether oxygens (including phenoxy) is 1. The van der Waals surface area contributed by atoms with Crippen LogP contribution in [-0.4, -0.2) is 28.9 Å². The van der Waals surface area contributed by atoms with Gasteiger partial charge < -0.3 is 9.84 Å². The van der Waals surface area contributed by atoms with Crippen molar-refractivity contribution in [2.24, 2.45) is 0 Å². The largest absolute Gasteiger partial charge is 0.507 e. The molecule has 170 valence electrons. The third-order valence-corrected chi connectivity index (χ3v) is 5.81. The van der Waals surface area contributed by atoms with Crippen molar-refractivity contribution in [2.75, 3.05) is 12.0 Å². The number of nitriles is 1. The number of anilines is 1. The molecule has 0 bridgehead atoms. The number of nitrogens with zero attached hydrogens (tertiary/aromatic N) is 3. The summed E-state index contributed by atoms with van der Waals surface area (Å²) in [6, 6.07) is 17.8. The number of amides is 1. The first-order chi connectivity index (χ1) is 16.4. The minimum atomic E-state index is -0.932. The smallest absolute Gasteiger partial charge is 0.300 e. The Balaban J connectivity index is 1.92. The van der Waals surface area contributed by atoms with Crippen LogP contribution in [0.2, 0.25) is 0 Å². The minimum absolute atomic E-state index is 0.0482. The zero-order valence-electron chi connectivity index (χ0n) is 19.0. The van der Waals surface area contributed by atoms with Crippen molar-refractivity contribution in [3.05, 3.63) is 94.8 Å². The second kappa shape index (κ2) is 9.20. The third-order valence-electron chi connectivity index (χ3n) is 5.81. The average Bonchev–Trinajstić information content (AvgIpc) is 3.14. The Morgan fingerprint density at radius 2 is 1.85 bits per heavy atom. The van der Waals surface area contributed by atoms with Crippen LogP contribution in [0.1, 0.15) is 48.2 Å². The van der Waals surface area contributed by atoms with Gasteiger partial charge in [-0.05, 0) is 66.1 Å². The number of hydrogen-bond acceptors (Lipinski definition) is 6. The van der Waals surface area contributed by atoms with Crippen LogP contribution in [0.5, 0.6) is 5.75 Å². The topological polar surface area (TPSA) is 104 Å². The molecule has 1 amide bonds. The summed E-state index contributed by atoms with van der Waals surface area (Å²) in [5, 5.41) is 20.4. The summed E-state index contributed by atoms with van der Waals surface area (Å²) in [5.74, 6) is -1.09. The molecule has 2 aromatic carbocycles. The first-order valence-corrected chi connectivity index (χ1v) is 10.8. The Morgan fingerprint density at radius 3 is 2.44 bits per heavy atom. The standard InChI is InChI=1S/C27H23N3O4/c1-16(2)20-14-18(9-12-22(20)34-3)25(31)23-24(21-6-4-5-13-29-21)30(27(33)26(23)32)19-10-7-17(15-28)8-11-19/h4-14,16,24,31H,1-3H3/b25-23-. The summed E-state index contributed by atoms with van der Waals surface area (Å²) < 4.78 is 5.43. The highest BCUT2D eigenvalue weighted by molar-refractivity contribution is 6.51. The zero-order valence-corrected chi connectivity index (χ0v) is 19.0. The van der Waals surface area contributed by atoms with Crippen LogP contribution in [0, 0.1) is 11.3 Å². The molecular weight excluding hydrogens is 430 g/mol. The van der Waals surface area contributed by atoms with Crippen LogP contribution >= 0.6 is 0 Å². The van der Waals surface area contributed by atoms with Gasteiger partial charge in [0.2, 0.25) is 0 Å². The van der Waals surface area contributed by atoms with Gasteiger partial charge in [-0.2, -0.15) is 5.26 Å². The molecule has 1 atom stereocenters. The maximum Gasteiger partial charge on any atom is 0.300 e. The Bertz CT molecular complexity index is 1320. The summed E-state index contributed by atoms with van der Waals surface area (Å²) in [6.07, 6.45) is 1.57. The average molecular weight is 453 g/mol. The predicted molar refractivity (Wildman–Crippen MR) is 127 cm³/mol. The number of carbonyl (C=O) groups is 2. The highest BCUT2D eigenvalue weighted by Gasteiger charge is 2.47. The molecule has 1 aliphatic heterocycles. The van der Waals surface area contributed by atoms with Gasteiger partial charge in [-0.25, -0.2) is 0 Å². The van der Waals surface area contributed by atoms with E-state index in [2.05, 4.69) is 4.98 Å². The number of hydrogen-bond donors (Lipinski definition) is 1. The molecule has 3 aromatic rings. The molecule has 1 fully saturated rings. The van der Waals surface area contributed by atoms with Crippen LogP contribution in [0.3, 0.4) is 0 Å². The van der Waals surface area contributed by atoms with E-state index in [4.69, 9.17) is 10.00 Å². The molecule has 1 saturated heterocycles. The first-order valence-electron chi connectivity index (χ1n) is 10.8. The number of pyridine rings is 1. The van der Waals surface area contributed by atoms with E-state index in [1.165, 1.54) is 4.90 Å². The first kappa shape index (κ1) is 22.7. The quantitative estimate of drug-likeness (QED) is 0.341. The fraction of sp³-hybridized carbons (Fsp3) is 0.185. The van der Waals surface area contributed by atoms with Gasteiger partial charge in [-0.3, -0.25) is 19.5 Å². The number of aromatic nitrogens is 1. The molecule has 0 aliphatic carbocycles. The molecule has 7 nitrogen and oxygen atoms in total. The maximum atomic E-state index is 13.2. The van der Waals surface area contributed by atoms with E-state index in [1.807, 2.05) is 19.9 Å². The Labute approximate surface area is 197 Å². The third kappa shape index (κ3) is 3.90. The van der Waals surface area contributed by atoms with Crippen molar-refractivity contribution < 1.29 is 19.4 Å². The van der Waals surface area contributed by atoms with E-state index in [0.29, 0.717) is 28.3 Å². The van der Waals surface area contributed by atoms with Gasteiger partial charge in [0, 0.05) is 17.4 Å². The number of ketones is 1. The maximum absolute atomic E-state index is 13.2. The summed E-state index contributed by atoms with van der Waals surface area (Å²) in [4.78, 5) is 32.1. The van der Waals surface area contributed by atoms with E-state index in [-0.39, 0.29) is 17.3 Å². The van der Waals surface area contributed by atoms with E-state index in [1.54, 1.807) is 74.0 Å². The molecular formula is C27H23N3O4. The van der Waals surface area contributed by atoms with Gasteiger partial charge in [-0.1, -0.05) is 19.9 Å². The fourth-order valence-corrected chi connectivity index (χ4v) is 4.10. The van der Waals surface area contributed by atoms with Crippen molar-refractivity contribution in [3.63, 3.8) is 0 Å². The Morgan fingerprint density at radius 1 is 1.12 bits per heavy atom. The lowest BCUT2D eigenvalue weighted by atomic mass is 9.94. The number of Topliss-reactive ketones (excluding diaryl/α,β-unsaturated/α-hetero) is 1. The monoisotopic (exact) mass is 453 g/mol. The molecule has 1 aromatic heterocycles. The number of carbonyl (C=O) groups excluding carboxylic acids is 2. The molecule has 0 saturated carbocycles. The zero-order chi connectivity index (χ0) is 24.4. The Hall–Kier alpha value is -4.44. The van der Waals surface area contributed by atoms with Gasteiger partial charge >= 0.3 is 0 Å². The lowest BCUT2D eigenvalue weighted by Gasteiger charge is -2.24. The molecule has 34 heavy (non-hydrogen) atoms. The lowest BCUT2D eigenvalue weighted by molar-refractivity contribution is -0.132. The highest BCUT2D eigenvalue weighted by Crippen LogP contribution is 2.42. The SMILES string of the molecule is COc1ccc(/C(O)=C2/C(=O)C(=O)N(c3ccc(C#N)cc3)C2c2ccccn2)cc1C(C)C. The van der Waals surface area contributed by atoms with Crippen molar-refractivity contribution in [2.45, 2.75) is 25.8 Å². The molecule has 0 radical (unpaired) electrons. The highest BCUT2D eigenvalue weighted by atomic mass is 16.5. The number of methoxy groups -OCH3 is 1. The number of aliphatic hydroxyl groups excluding tert-OH is 1. The van der Waals surface area contributed by atoms with Crippen molar-refractivity contribution in [1.82, 2.24) is 4.98 Å². The molecule has 2 heterocycles. The Kier molecular flexibility index (Phi) is 6.15. The van der Waals surface area contributed by atoms with Crippen LogP contribution < -0.4 is 9.64 Å². The summed E-state index contributed by atoms with van der Waals surface area (Å²) in [6.45, 7) is 4.00. The van der Waals surface area contributed by atoms with Crippen LogP contribution in [0.15, 0.2) is 72.4 Å². The van der Waals surface area contributed by atoms with E-state index in [0.717, 1.165) is 5.56 Å². The van der Waals surface area contributed by atoms with Gasteiger partial charge in [-0.15, -0.1) is 0 Å². The summed E-state index contributed by atoms with van der Waals surface area (Å²) >= 11 is 0.